The molecule has 1 heterocycles. The number of aryl methyl sites for hydroxylation is 2. The number of furan rings is 1. The molecule has 15 rings (SSSR count). The summed E-state index contributed by atoms with van der Waals surface area (Å²) in [6.45, 7) is 58.9. The number of hydrogen-bond acceptors (Lipinski definition) is 1. The van der Waals surface area contributed by atoms with Crippen LogP contribution in [-0.2, 0) is 43.3 Å². The quantitative estimate of drug-likeness (QED) is 0.167. The van der Waals surface area contributed by atoms with Crippen molar-refractivity contribution in [2.45, 2.75) is 238 Å². The molecule has 0 amide bonds. The zero-order valence-electron chi connectivity index (χ0n) is 71.8. The molecule has 0 N–H and O–H groups in total. The van der Waals surface area contributed by atoms with Gasteiger partial charge in [-0.15, -0.1) is 0 Å². The van der Waals surface area contributed by atoms with E-state index in [1.807, 2.05) is 0 Å². The summed E-state index contributed by atoms with van der Waals surface area (Å²) in [7, 11) is 0. The molecular weight excluding hydrogens is 1360 g/mol. The SMILES string of the molecule is C.C.CC(C)(C)c1ccc(-c2ccc(-c3ccc(C(C)(C)C)c4ccccc34)cc2)cc1.CC(C)(C)c1ccc2c(c1)oc1ccc(C(C)(C)C)cc12.CC(C)(C)c1ccc2cc(-c3cccc4c(C(C)(C)C)cccc34)ccc2c1.Cc1cc(-c2ccc(C(C)(C)C)c3ccccc23)ccc1-c1ccc(C(C)(C)C)c(C)c1. The van der Waals surface area contributed by atoms with Gasteiger partial charge in [0.1, 0.15) is 11.2 Å². The van der Waals surface area contributed by atoms with Gasteiger partial charge in [0.25, 0.3) is 0 Å². The zero-order valence-corrected chi connectivity index (χ0v) is 71.8. The minimum absolute atomic E-state index is 0. The number of hydrogen-bond donors (Lipinski definition) is 0. The molecule has 15 aromatic rings. The second kappa shape index (κ2) is 32.4. The lowest BCUT2D eigenvalue weighted by molar-refractivity contribution is 0.586. The molecule has 113 heavy (non-hydrogen) atoms. The smallest absolute Gasteiger partial charge is 0.135 e. The third kappa shape index (κ3) is 18.9. The minimum Gasteiger partial charge on any atom is -0.456 e. The second-order valence-corrected chi connectivity index (χ2v) is 39.6. The molecule has 0 aliphatic carbocycles. The van der Waals surface area contributed by atoms with Gasteiger partial charge in [-0.25, -0.2) is 0 Å². The molecule has 0 unspecified atom stereocenters. The third-order valence-corrected chi connectivity index (χ3v) is 22.6. The van der Waals surface area contributed by atoms with E-state index in [-0.39, 0.29) is 58.2 Å². The predicted octanol–water partition coefficient (Wildman–Crippen LogP) is 33.9. The molecule has 0 spiro atoms. The van der Waals surface area contributed by atoms with Crippen molar-refractivity contribution in [3.63, 3.8) is 0 Å². The van der Waals surface area contributed by atoms with E-state index >= 15 is 0 Å². The first-order valence-corrected chi connectivity index (χ1v) is 40.4. The summed E-state index contributed by atoms with van der Waals surface area (Å²) < 4.78 is 6.06. The fraction of sp³-hybridized carbons (Fsp3) is 0.321. The molecule has 0 saturated heterocycles. The lowest BCUT2D eigenvalue weighted by Gasteiger charge is -2.23. The van der Waals surface area contributed by atoms with E-state index < -0.39 is 0 Å². The highest BCUT2D eigenvalue weighted by Gasteiger charge is 2.25. The van der Waals surface area contributed by atoms with E-state index in [0.29, 0.717) is 0 Å². The highest BCUT2D eigenvalue weighted by Crippen LogP contribution is 2.43. The summed E-state index contributed by atoms with van der Waals surface area (Å²) in [5, 5.41) is 13.1. The second-order valence-electron chi connectivity index (χ2n) is 39.6. The monoisotopic (exact) mass is 1490 g/mol. The van der Waals surface area contributed by atoms with Crippen LogP contribution in [0.2, 0.25) is 0 Å². The largest absolute Gasteiger partial charge is 0.456 e. The minimum atomic E-state index is 0. The summed E-state index contributed by atoms with van der Waals surface area (Å²) in [4.78, 5) is 0. The molecule has 0 aliphatic heterocycles. The fourth-order valence-corrected chi connectivity index (χ4v) is 16.0. The van der Waals surface area contributed by atoms with Crippen LogP contribution in [0.5, 0.6) is 0 Å². The Morgan fingerprint density at radius 2 is 0.522 bits per heavy atom. The van der Waals surface area contributed by atoms with E-state index in [4.69, 9.17) is 4.42 Å². The van der Waals surface area contributed by atoms with Crippen LogP contribution in [0, 0.1) is 13.8 Å². The summed E-state index contributed by atoms with van der Waals surface area (Å²) in [5.41, 5.74) is 29.8. The van der Waals surface area contributed by atoms with Gasteiger partial charge in [0.15, 0.2) is 0 Å². The Kier molecular flexibility index (Phi) is 24.5. The van der Waals surface area contributed by atoms with Crippen molar-refractivity contribution >= 4 is 65.0 Å². The lowest BCUT2D eigenvalue weighted by atomic mass is 9.81. The molecule has 0 atom stereocenters. The van der Waals surface area contributed by atoms with E-state index in [0.717, 1.165) is 11.2 Å². The normalized spacial score (nSPS) is 12.4. The summed E-state index contributed by atoms with van der Waals surface area (Å²) >= 11 is 0. The number of benzene rings is 14. The lowest BCUT2D eigenvalue weighted by Crippen LogP contribution is -2.12. The Labute approximate surface area is 681 Å². The van der Waals surface area contributed by atoms with Gasteiger partial charge in [-0.05, 0) is 236 Å². The van der Waals surface area contributed by atoms with E-state index in [9.17, 15) is 0 Å². The maximum absolute atomic E-state index is 6.06. The Morgan fingerprint density at radius 1 is 0.186 bits per heavy atom. The molecule has 0 saturated carbocycles. The van der Waals surface area contributed by atoms with Crippen molar-refractivity contribution in [1.29, 1.82) is 0 Å². The molecule has 14 aromatic carbocycles. The molecule has 0 fully saturated rings. The van der Waals surface area contributed by atoms with Crippen LogP contribution in [0.4, 0.5) is 0 Å². The summed E-state index contributed by atoms with van der Waals surface area (Å²) in [6, 6.07) is 99.0. The van der Waals surface area contributed by atoms with Crippen LogP contribution in [-0.4, -0.2) is 0 Å². The maximum atomic E-state index is 6.06. The summed E-state index contributed by atoms with van der Waals surface area (Å²) in [6.07, 6.45) is 0. The van der Waals surface area contributed by atoms with Gasteiger partial charge in [-0.3, -0.25) is 0 Å². The van der Waals surface area contributed by atoms with E-state index in [2.05, 4.69) is 447 Å². The first kappa shape index (κ1) is 85.3. The van der Waals surface area contributed by atoms with Crippen molar-refractivity contribution in [2.75, 3.05) is 0 Å². The van der Waals surface area contributed by atoms with Gasteiger partial charge in [-0.2, -0.15) is 0 Å². The van der Waals surface area contributed by atoms with Crippen LogP contribution < -0.4 is 0 Å². The van der Waals surface area contributed by atoms with Crippen molar-refractivity contribution < 1.29 is 4.42 Å². The summed E-state index contributed by atoms with van der Waals surface area (Å²) in [5.74, 6) is 0. The topological polar surface area (TPSA) is 13.1 Å². The molecule has 0 bridgehead atoms. The van der Waals surface area contributed by atoms with Crippen molar-refractivity contribution in [3.8, 4) is 55.6 Å². The highest BCUT2D eigenvalue weighted by atomic mass is 16.3. The van der Waals surface area contributed by atoms with Gasteiger partial charge < -0.3 is 4.42 Å². The van der Waals surface area contributed by atoms with Crippen LogP contribution in [0.15, 0.2) is 271 Å². The Bertz CT molecular complexity index is 5880. The predicted molar refractivity (Wildman–Crippen MR) is 503 cm³/mol. The molecule has 584 valence electrons. The van der Waals surface area contributed by atoms with Crippen LogP contribution >= 0.6 is 0 Å². The Hall–Kier alpha value is -10.1. The Morgan fingerprint density at radius 3 is 1.04 bits per heavy atom. The van der Waals surface area contributed by atoms with E-state index in [1.54, 1.807) is 0 Å². The van der Waals surface area contributed by atoms with Gasteiger partial charge in [0, 0.05) is 10.8 Å². The first-order valence-electron chi connectivity index (χ1n) is 40.4. The maximum Gasteiger partial charge on any atom is 0.135 e. The highest BCUT2D eigenvalue weighted by molar-refractivity contribution is 6.06. The van der Waals surface area contributed by atoms with E-state index in [1.165, 1.54) is 165 Å². The standard InChI is InChI=1S/C32H36.C30H32.C28H30.C20H24O.2CH4/c1-21-19-24(13-15-25(21)23-14-17-29(22(2)20-23)31(3,4)5)26-16-18-30(32(6,7)8)28-12-10-9-11-27(26)28;1-29(2,3)24-17-15-22(16-18-24)21-11-13-23(14-12-21)25-19-20-28(30(4,5)6)27-10-8-7-9-26(25)27;1-27(2,3)22-16-15-19-17-21(14-13-20(19)18-22)23-9-7-11-25-24(23)10-8-12-26(25)28(4,5)6;1-19(2,3)13-8-10-17-16(11-13)15-9-7-14(20(4,5)6)12-18(15)21-17;;/h9-20H,1-8H3;7-20H,1-6H3;7-18H,1-6H3;7-12H,1-6H3;2*1H4. The van der Waals surface area contributed by atoms with Gasteiger partial charge in [0.2, 0.25) is 0 Å². The first-order chi connectivity index (χ1) is 51.9. The zero-order chi connectivity index (χ0) is 80.3. The average molecular weight is 1490 g/mol. The van der Waals surface area contributed by atoms with Crippen LogP contribution in [0.3, 0.4) is 0 Å². The number of fused-ring (bicyclic) bond motifs is 7. The molecule has 1 nitrogen and oxygen atoms in total. The molecule has 0 radical (unpaired) electrons. The fourth-order valence-electron chi connectivity index (χ4n) is 16.0. The molecular formula is C112H130O. The van der Waals surface area contributed by atoms with Crippen LogP contribution in [0.1, 0.15) is 237 Å². The third-order valence-electron chi connectivity index (χ3n) is 22.6. The van der Waals surface area contributed by atoms with Gasteiger partial charge >= 0.3 is 0 Å². The van der Waals surface area contributed by atoms with Gasteiger partial charge in [0.05, 0.1) is 0 Å². The van der Waals surface area contributed by atoms with Crippen molar-refractivity contribution in [2.24, 2.45) is 0 Å². The van der Waals surface area contributed by atoms with Crippen LogP contribution in [0.25, 0.3) is 121 Å². The van der Waals surface area contributed by atoms with Crippen molar-refractivity contribution in [3.05, 3.63) is 323 Å². The average Bonchev–Trinajstić information content (AvgIpc) is 1.65. The number of rotatable bonds is 5. The molecule has 1 aromatic heterocycles. The van der Waals surface area contributed by atoms with Crippen molar-refractivity contribution in [1.82, 2.24) is 0 Å². The molecule has 1 heteroatoms. The van der Waals surface area contributed by atoms with Gasteiger partial charge in [-0.1, -0.05) is 424 Å². The molecule has 0 aliphatic rings. The Balaban J connectivity index is 0.000000160.